The quantitative estimate of drug-likeness (QED) is 0.553. The van der Waals surface area contributed by atoms with Gasteiger partial charge in [0, 0.05) is 37.8 Å². The molecule has 1 aliphatic rings. The normalized spacial score (nSPS) is 16.6. The Bertz CT molecular complexity index is 355. The average Bonchev–Trinajstić information content (AvgIpc) is 2.40. The Hall–Kier alpha value is -1.15. The van der Waals surface area contributed by atoms with Gasteiger partial charge >= 0.3 is 7.12 Å². The molecule has 1 saturated heterocycles. The van der Waals surface area contributed by atoms with Gasteiger partial charge in [-0.3, -0.25) is 4.90 Å². The highest BCUT2D eigenvalue weighted by Crippen LogP contribution is 2.00. The highest BCUT2D eigenvalue weighted by Gasteiger charge is 2.11. The molecule has 0 aliphatic carbocycles. The van der Waals surface area contributed by atoms with Crippen molar-refractivity contribution in [1.82, 2.24) is 9.88 Å². The summed E-state index contributed by atoms with van der Waals surface area (Å²) in [6.07, 6.45) is 1.46. The van der Waals surface area contributed by atoms with Gasteiger partial charge in [0.1, 0.15) is 5.82 Å². The van der Waals surface area contributed by atoms with Gasteiger partial charge in [-0.2, -0.15) is 0 Å². The number of ether oxygens (including phenoxy) is 1. The molecule has 7 heteroatoms. The van der Waals surface area contributed by atoms with Crippen LogP contribution in [-0.4, -0.2) is 66.4 Å². The van der Waals surface area contributed by atoms with Gasteiger partial charge in [-0.1, -0.05) is 6.07 Å². The third kappa shape index (κ3) is 3.95. The summed E-state index contributed by atoms with van der Waals surface area (Å²) in [4.78, 5) is 6.44. The molecule has 1 aromatic heterocycles. The second-order valence-corrected chi connectivity index (χ2v) is 4.23. The Balaban J connectivity index is 1.72. The lowest BCUT2D eigenvalue weighted by Crippen LogP contribution is -2.39. The summed E-state index contributed by atoms with van der Waals surface area (Å²) >= 11 is 0. The van der Waals surface area contributed by atoms with Crippen molar-refractivity contribution in [2.24, 2.45) is 0 Å². The van der Waals surface area contributed by atoms with Crippen LogP contribution >= 0.6 is 0 Å². The number of nitrogens with zero attached hydrogens (tertiary/aromatic N) is 2. The smallest absolute Gasteiger partial charge is 0.423 e. The molecule has 1 aliphatic heterocycles. The summed E-state index contributed by atoms with van der Waals surface area (Å²) in [5.41, 5.74) is 0.397. The predicted molar refractivity (Wildman–Crippen MR) is 69.8 cm³/mol. The molecule has 0 amide bonds. The summed E-state index contributed by atoms with van der Waals surface area (Å²) in [5.74, 6) is 0.743. The van der Waals surface area contributed by atoms with Crippen molar-refractivity contribution in [2.75, 3.05) is 44.7 Å². The van der Waals surface area contributed by atoms with E-state index in [1.165, 1.54) is 6.20 Å². The Labute approximate surface area is 107 Å². The van der Waals surface area contributed by atoms with Gasteiger partial charge in [0.2, 0.25) is 0 Å². The minimum Gasteiger partial charge on any atom is -0.423 e. The first kappa shape index (κ1) is 13.3. The second-order valence-electron chi connectivity index (χ2n) is 4.23. The molecule has 3 N–H and O–H groups in total. The van der Waals surface area contributed by atoms with E-state index in [0.717, 1.165) is 45.2 Å². The van der Waals surface area contributed by atoms with Crippen LogP contribution < -0.4 is 10.8 Å². The Kier molecular flexibility index (Phi) is 4.95. The van der Waals surface area contributed by atoms with Crippen molar-refractivity contribution in [3.63, 3.8) is 0 Å². The third-order valence-corrected chi connectivity index (χ3v) is 2.92. The zero-order valence-electron chi connectivity index (χ0n) is 10.2. The summed E-state index contributed by atoms with van der Waals surface area (Å²) in [6, 6.07) is 3.39. The maximum absolute atomic E-state index is 8.94. The molecule has 0 radical (unpaired) electrons. The third-order valence-electron chi connectivity index (χ3n) is 2.92. The molecule has 1 aromatic rings. The molecule has 2 heterocycles. The number of anilines is 1. The van der Waals surface area contributed by atoms with Crippen LogP contribution in [0.5, 0.6) is 0 Å². The molecule has 0 aromatic carbocycles. The lowest BCUT2D eigenvalue weighted by Gasteiger charge is -2.26. The van der Waals surface area contributed by atoms with Gasteiger partial charge in [0.15, 0.2) is 0 Å². The lowest BCUT2D eigenvalue weighted by molar-refractivity contribution is 0.0398. The fourth-order valence-electron chi connectivity index (χ4n) is 1.83. The second kappa shape index (κ2) is 6.70. The number of hydrogen-bond acceptors (Lipinski definition) is 6. The van der Waals surface area contributed by atoms with Gasteiger partial charge in [0.25, 0.3) is 0 Å². The van der Waals surface area contributed by atoms with Crippen LogP contribution in [0.3, 0.4) is 0 Å². The highest BCUT2D eigenvalue weighted by atomic mass is 16.5. The summed E-state index contributed by atoms with van der Waals surface area (Å²) < 4.78 is 5.28. The van der Waals surface area contributed by atoms with Crippen LogP contribution in [0.1, 0.15) is 0 Å². The molecule has 0 saturated carbocycles. The maximum atomic E-state index is 8.94. The number of hydrogen-bond donors (Lipinski definition) is 3. The summed E-state index contributed by atoms with van der Waals surface area (Å²) in [6.45, 7) is 5.33. The van der Waals surface area contributed by atoms with E-state index in [0.29, 0.717) is 5.46 Å². The van der Waals surface area contributed by atoms with Crippen molar-refractivity contribution >= 4 is 18.4 Å². The average molecular weight is 251 g/mol. The van der Waals surface area contributed by atoms with Crippen LogP contribution in [0.2, 0.25) is 0 Å². The monoisotopic (exact) mass is 251 g/mol. The zero-order valence-corrected chi connectivity index (χ0v) is 10.2. The Morgan fingerprint density at radius 1 is 1.33 bits per heavy atom. The molecule has 6 nitrogen and oxygen atoms in total. The number of aromatic nitrogens is 1. The van der Waals surface area contributed by atoms with Crippen LogP contribution in [0.25, 0.3) is 0 Å². The molecule has 0 atom stereocenters. The van der Waals surface area contributed by atoms with Gasteiger partial charge in [-0.15, -0.1) is 0 Å². The number of pyridine rings is 1. The van der Waals surface area contributed by atoms with E-state index in [2.05, 4.69) is 15.2 Å². The van der Waals surface area contributed by atoms with Crippen molar-refractivity contribution in [3.8, 4) is 0 Å². The molecular formula is C11H18BN3O3. The van der Waals surface area contributed by atoms with E-state index in [1.807, 2.05) is 0 Å². The fourth-order valence-corrected chi connectivity index (χ4v) is 1.83. The summed E-state index contributed by atoms with van der Waals surface area (Å²) in [7, 11) is -1.46. The molecule has 2 rings (SSSR count). The fraction of sp³-hybridized carbons (Fsp3) is 0.545. The van der Waals surface area contributed by atoms with Gasteiger partial charge < -0.3 is 20.1 Å². The standard InChI is InChI=1S/C11H18BN3O3/c16-12(17)10-1-2-11(14-9-10)13-3-4-15-5-7-18-8-6-15/h1-2,9,16-17H,3-8H2,(H,13,14). The minimum absolute atomic E-state index is 0.397. The molecule has 1 fully saturated rings. The maximum Gasteiger partial charge on any atom is 0.490 e. The van der Waals surface area contributed by atoms with E-state index in [4.69, 9.17) is 14.8 Å². The highest BCUT2D eigenvalue weighted by molar-refractivity contribution is 6.58. The molecule has 18 heavy (non-hydrogen) atoms. The first-order valence-electron chi connectivity index (χ1n) is 6.12. The van der Waals surface area contributed by atoms with Crippen molar-refractivity contribution in [3.05, 3.63) is 18.3 Å². The Morgan fingerprint density at radius 3 is 2.72 bits per heavy atom. The van der Waals surface area contributed by atoms with Crippen LogP contribution in [0.15, 0.2) is 18.3 Å². The zero-order chi connectivity index (χ0) is 12.8. The number of nitrogens with one attached hydrogen (secondary N) is 1. The van der Waals surface area contributed by atoms with Gasteiger partial charge in [0.05, 0.1) is 13.2 Å². The summed E-state index contributed by atoms with van der Waals surface area (Å²) in [5, 5.41) is 21.1. The van der Waals surface area contributed by atoms with E-state index in [9.17, 15) is 0 Å². The van der Waals surface area contributed by atoms with Gasteiger partial charge in [-0.25, -0.2) is 4.98 Å². The molecule has 0 unspecified atom stereocenters. The van der Waals surface area contributed by atoms with E-state index in [-0.39, 0.29) is 0 Å². The molecule has 0 spiro atoms. The van der Waals surface area contributed by atoms with Crippen LogP contribution in [0.4, 0.5) is 5.82 Å². The molecular weight excluding hydrogens is 233 g/mol. The largest absolute Gasteiger partial charge is 0.490 e. The number of rotatable bonds is 5. The minimum atomic E-state index is -1.46. The van der Waals surface area contributed by atoms with Gasteiger partial charge in [-0.05, 0) is 6.07 Å². The topological polar surface area (TPSA) is 77.9 Å². The molecule has 0 bridgehead atoms. The Morgan fingerprint density at radius 2 is 2.11 bits per heavy atom. The SMILES string of the molecule is OB(O)c1ccc(NCCN2CCOCC2)nc1. The first-order chi connectivity index (χ1) is 8.75. The van der Waals surface area contributed by atoms with E-state index < -0.39 is 7.12 Å². The van der Waals surface area contributed by atoms with E-state index in [1.54, 1.807) is 12.1 Å². The van der Waals surface area contributed by atoms with Crippen molar-refractivity contribution < 1.29 is 14.8 Å². The van der Waals surface area contributed by atoms with Crippen molar-refractivity contribution in [2.45, 2.75) is 0 Å². The van der Waals surface area contributed by atoms with Crippen molar-refractivity contribution in [1.29, 1.82) is 0 Å². The van der Waals surface area contributed by atoms with Crippen LogP contribution in [-0.2, 0) is 4.74 Å². The van der Waals surface area contributed by atoms with Crippen LogP contribution in [0, 0.1) is 0 Å². The lowest BCUT2D eigenvalue weighted by atomic mass is 9.82. The predicted octanol–water partition coefficient (Wildman–Crippen LogP) is -1.49. The molecule has 98 valence electrons. The number of morpholine rings is 1. The first-order valence-corrected chi connectivity index (χ1v) is 6.12. The van der Waals surface area contributed by atoms with E-state index >= 15 is 0 Å².